The fraction of sp³-hybridized carbons (Fsp3) is 0.156. The number of nitriles is 2. The number of carbonyl (C=O) groups is 1. The number of aromatic nitrogens is 3. The molecule has 0 spiro atoms. The summed E-state index contributed by atoms with van der Waals surface area (Å²) in [5.41, 5.74) is 2.92. The second-order valence-corrected chi connectivity index (χ2v) is 9.53. The second-order valence-electron chi connectivity index (χ2n) is 9.53. The standard InChI is InChI=1S/C32H23F2N5O4/c1-42-11-10-39-29-14-22(32(40)41)6-9-28(29)37-30(39)15-20-4-5-21(13-26(20)34)27-8-7-23(17-36)31(38-27)43-18-24-3-2-19(16-35)12-25(24)33/h2-9,12-14H,10-11,15,18H2,1H3,(H,40,41). The van der Waals surface area contributed by atoms with Crippen LogP contribution in [0.1, 0.15) is 38.4 Å². The van der Waals surface area contributed by atoms with Gasteiger partial charge in [0.1, 0.15) is 35.7 Å². The van der Waals surface area contributed by atoms with Crippen molar-refractivity contribution in [3.63, 3.8) is 0 Å². The first-order chi connectivity index (χ1) is 20.8. The van der Waals surface area contributed by atoms with Gasteiger partial charge in [-0.2, -0.15) is 10.5 Å². The van der Waals surface area contributed by atoms with Crippen LogP contribution in [0.2, 0.25) is 0 Å². The van der Waals surface area contributed by atoms with E-state index in [4.69, 9.17) is 14.7 Å². The molecule has 5 aromatic rings. The van der Waals surface area contributed by atoms with E-state index in [0.717, 1.165) is 6.07 Å². The minimum atomic E-state index is -1.06. The van der Waals surface area contributed by atoms with Gasteiger partial charge in [0.2, 0.25) is 5.88 Å². The van der Waals surface area contributed by atoms with Crippen molar-refractivity contribution in [3.8, 4) is 29.3 Å². The van der Waals surface area contributed by atoms with E-state index in [1.165, 1.54) is 36.4 Å². The predicted octanol–water partition coefficient (Wildman–Crippen LogP) is 5.63. The quantitative estimate of drug-likeness (QED) is 0.225. The first kappa shape index (κ1) is 28.9. The Balaban J connectivity index is 1.41. The molecule has 2 heterocycles. The van der Waals surface area contributed by atoms with Crippen LogP contribution in [-0.2, 0) is 24.3 Å². The summed E-state index contributed by atoms with van der Waals surface area (Å²) in [7, 11) is 1.55. The van der Waals surface area contributed by atoms with Gasteiger partial charge in [0.15, 0.2) is 0 Å². The number of pyridine rings is 1. The van der Waals surface area contributed by atoms with Gasteiger partial charge in [-0.3, -0.25) is 0 Å². The average molecular weight is 580 g/mol. The van der Waals surface area contributed by atoms with Gasteiger partial charge in [-0.05, 0) is 54.1 Å². The van der Waals surface area contributed by atoms with Crippen molar-refractivity contribution in [2.24, 2.45) is 0 Å². The zero-order valence-corrected chi connectivity index (χ0v) is 22.8. The molecule has 1 N–H and O–H groups in total. The molecule has 43 heavy (non-hydrogen) atoms. The Morgan fingerprint density at radius 3 is 2.44 bits per heavy atom. The molecule has 2 aromatic heterocycles. The molecule has 0 saturated carbocycles. The van der Waals surface area contributed by atoms with E-state index in [0.29, 0.717) is 46.8 Å². The summed E-state index contributed by atoms with van der Waals surface area (Å²) in [5.74, 6) is -1.69. The Labute approximate surface area is 244 Å². The van der Waals surface area contributed by atoms with Gasteiger partial charge in [0, 0.05) is 31.2 Å². The summed E-state index contributed by atoms with van der Waals surface area (Å²) < 4.78 is 42.4. The number of carboxylic acid groups (broad SMARTS) is 1. The number of rotatable bonds is 10. The number of benzene rings is 3. The molecule has 0 fully saturated rings. The van der Waals surface area contributed by atoms with Gasteiger partial charge < -0.3 is 19.1 Å². The molecule has 3 aromatic carbocycles. The van der Waals surface area contributed by atoms with E-state index in [-0.39, 0.29) is 41.2 Å². The van der Waals surface area contributed by atoms with Crippen LogP contribution in [0.4, 0.5) is 8.78 Å². The minimum absolute atomic E-state index is 0.0409. The largest absolute Gasteiger partial charge is 0.478 e. The molecule has 0 radical (unpaired) electrons. The molecule has 0 amide bonds. The highest BCUT2D eigenvalue weighted by Gasteiger charge is 2.17. The highest BCUT2D eigenvalue weighted by Crippen LogP contribution is 2.27. The van der Waals surface area contributed by atoms with Crippen LogP contribution in [-0.4, -0.2) is 39.3 Å². The maximum absolute atomic E-state index is 15.4. The van der Waals surface area contributed by atoms with Gasteiger partial charge in [-0.1, -0.05) is 18.2 Å². The van der Waals surface area contributed by atoms with Crippen LogP contribution in [0.3, 0.4) is 0 Å². The number of aromatic carboxylic acids is 1. The molecule has 5 rings (SSSR count). The predicted molar refractivity (Wildman–Crippen MR) is 151 cm³/mol. The fourth-order valence-corrected chi connectivity index (χ4v) is 4.57. The van der Waals surface area contributed by atoms with Gasteiger partial charge in [0.25, 0.3) is 0 Å². The monoisotopic (exact) mass is 579 g/mol. The average Bonchev–Trinajstić information content (AvgIpc) is 3.36. The SMILES string of the molecule is COCCn1c(Cc2ccc(-c3ccc(C#N)c(OCc4ccc(C#N)cc4F)n3)cc2F)nc2ccc(C(=O)O)cc21. The number of carboxylic acids is 1. The summed E-state index contributed by atoms with van der Waals surface area (Å²) in [6, 6.07) is 20.1. The van der Waals surface area contributed by atoms with Crippen LogP contribution >= 0.6 is 0 Å². The van der Waals surface area contributed by atoms with Crippen molar-refractivity contribution in [2.45, 2.75) is 19.6 Å². The molecule has 0 aliphatic carbocycles. The number of ether oxygens (including phenoxy) is 2. The molecule has 0 bridgehead atoms. The molecule has 0 saturated heterocycles. The molecule has 9 nitrogen and oxygen atoms in total. The molecule has 0 aliphatic heterocycles. The van der Waals surface area contributed by atoms with E-state index in [1.54, 1.807) is 31.4 Å². The van der Waals surface area contributed by atoms with Crippen molar-refractivity contribution < 1.29 is 28.2 Å². The lowest BCUT2D eigenvalue weighted by molar-refractivity contribution is 0.0697. The summed E-state index contributed by atoms with van der Waals surface area (Å²) in [6.07, 6.45) is 0.137. The molecule has 0 unspecified atom stereocenters. The van der Waals surface area contributed by atoms with Crippen molar-refractivity contribution in [1.29, 1.82) is 10.5 Å². The normalized spacial score (nSPS) is 10.8. The van der Waals surface area contributed by atoms with E-state index in [1.807, 2.05) is 16.7 Å². The third-order valence-electron chi connectivity index (χ3n) is 6.82. The number of hydrogen-bond donors (Lipinski definition) is 1. The Hall–Kier alpha value is -5.65. The Morgan fingerprint density at radius 2 is 1.74 bits per heavy atom. The highest BCUT2D eigenvalue weighted by atomic mass is 19.1. The molecule has 214 valence electrons. The van der Waals surface area contributed by atoms with Gasteiger partial charge in [-0.25, -0.2) is 23.5 Å². The first-order valence-electron chi connectivity index (χ1n) is 13.0. The van der Waals surface area contributed by atoms with Crippen LogP contribution in [0.25, 0.3) is 22.3 Å². The number of halogens is 2. The fourth-order valence-electron chi connectivity index (χ4n) is 4.57. The topological polar surface area (TPSA) is 134 Å². The lowest BCUT2D eigenvalue weighted by Crippen LogP contribution is -2.10. The first-order valence-corrected chi connectivity index (χ1v) is 13.0. The van der Waals surface area contributed by atoms with Gasteiger partial charge in [-0.15, -0.1) is 0 Å². The van der Waals surface area contributed by atoms with E-state index >= 15 is 4.39 Å². The van der Waals surface area contributed by atoms with Gasteiger partial charge >= 0.3 is 5.97 Å². The summed E-state index contributed by atoms with van der Waals surface area (Å²) in [5, 5.41) is 27.8. The van der Waals surface area contributed by atoms with Crippen LogP contribution in [0, 0.1) is 34.3 Å². The third-order valence-corrected chi connectivity index (χ3v) is 6.82. The van der Waals surface area contributed by atoms with Crippen molar-refractivity contribution in [3.05, 3.63) is 112 Å². The molecule has 0 atom stereocenters. The Morgan fingerprint density at radius 1 is 0.953 bits per heavy atom. The third kappa shape index (κ3) is 6.17. The molecule has 11 heteroatoms. The zero-order valence-electron chi connectivity index (χ0n) is 22.8. The number of fused-ring (bicyclic) bond motifs is 1. The maximum Gasteiger partial charge on any atom is 0.335 e. The second kappa shape index (κ2) is 12.5. The lowest BCUT2D eigenvalue weighted by atomic mass is 10.0. The Kier molecular flexibility index (Phi) is 8.37. The number of hydrogen-bond acceptors (Lipinski definition) is 7. The van der Waals surface area contributed by atoms with Crippen LogP contribution < -0.4 is 4.74 Å². The zero-order chi connectivity index (χ0) is 30.5. The van der Waals surface area contributed by atoms with E-state index < -0.39 is 17.6 Å². The lowest BCUT2D eigenvalue weighted by Gasteiger charge is -2.12. The van der Waals surface area contributed by atoms with Crippen molar-refractivity contribution >= 4 is 17.0 Å². The highest BCUT2D eigenvalue weighted by molar-refractivity contribution is 5.92. The van der Waals surface area contributed by atoms with Crippen molar-refractivity contribution in [2.75, 3.05) is 13.7 Å². The molecular formula is C32H23F2N5O4. The molecular weight excluding hydrogens is 556 g/mol. The maximum atomic E-state index is 15.4. The van der Waals surface area contributed by atoms with Gasteiger partial charge in [0.05, 0.1) is 40.5 Å². The van der Waals surface area contributed by atoms with Crippen molar-refractivity contribution in [1.82, 2.24) is 14.5 Å². The Bertz CT molecular complexity index is 1940. The van der Waals surface area contributed by atoms with E-state index in [9.17, 15) is 19.6 Å². The van der Waals surface area contributed by atoms with Crippen LogP contribution in [0.5, 0.6) is 5.88 Å². The summed E-state index contributed by atoms with van der Waals surface area (Å²) >= 11 is 0. The summed E-state index contributed by atoms with van der Waals surface area (Å²) in [4.78, 5) is 20.5. The number of imidazole rings is 1. The van der Waals surface area contributed by atoms with E-state index in [2.05, 4.69) is 9.97 Å². The summed E-state index contributed by atoms with van der Waals surface area (Å²) in [6.45, 7) is 0.521. The number of methoxy groups -OCH3 is 1. The smallest absolute Gasteiger partial charge is 0.335 e. The van der Waals surface area contributed by atoms with Crippen LogP contribution in [0.15, 0.2) is 66.7 Å². The number of nitrogens with zero attached hydrogens (tertiary/aromatic N) is 5. The minimum Gasteiger partial charge on any atom is -0.478 e. The molecule has 0 aliphatic rings.